The number of benzene rings is 2. The molecule has 0 radical (unpaired) electrons. The number of piperazine rings is 1. The molecule has 1 aromatic heterocycles. The zero-order chi connectivity index (χ0) is 24.3. The lowest BCUT2D eigenvalue weighted by Crippen LogP contribution is -2.50. The lowest BCUT2D eigenvalue weighted by Gasteiger charge is -2.35. The average molecular weight is 493 g/mol. The second kappa shape index (κ2) is 9.84. The van der Waals surface area contributed by atoms with Gasteiger partial charge in [-0.1, -0.05) is 22.8 Å². The van der Waals surface area contributed by atoms with Crippen molar-refractivity contribution < 1.29 is 27.3 Å². The van der Waals surface area contributed by atoms with Gasteiger partial charge in [-0.15, -0.1) is 0 Å². The maximum Gasteiger partial charge on any atom is 0.416 e. The Balaban J connectivity index is 1.28. The van der Waals surface area contributed by atoms with E-state index in [0.29, 0.717) is 29.8 Å². The van der Waals surface area contributed by atoms with Crippen molar-refractivity contribution in [2.75, 3.05) is 26.2 Å². The van der Waals surface area contributed by atoms with Crippen LogP contribution in [-0.4, -0.2) is 57.9 Å². The van der Waals surface area contributed by atoms with E-state index in [2.05, 4.69) is 10.1 Å². The van der Waals surface area contributed by atoms with Gasteiger partial charge in [0.25, 0.3) is 5.91 Å². The van der Waals surface area contributed by atoms with Gasteiger partial charge in [0, 0.05) is 55.2 Å². The predicted octanol–water partition coefficient (Wildman–Crippen LogP) is 4.33. The lowest BCUT2D eigenvalue weighted by atomic mass is 10.1. The Hall–Kier alpha value is -3.40. The standard InChI is InChI=1S/C23H20ClF3N4O3/c24-18-6-4-15(5-7-18)21-28-19(34-29-21)8-9-20(32)30-10-12-31(13-11-30)22(33)16-2-1-3-17(14-16)23(25,26)27/h1-7,14H,8-13H2. The minimum Gasteiger partial charge on any atom is -0.339 e. The topological polar surface area (TPSA) is 79.5 Å². The Morgan fingerprint density at radius 2 is 1.68 bits per heavy atom. The molecular weight excluding hydrogens is 473 g/mol. The van der Waals surface area contributed by atoms with Gasteiger partial charge in [-0.05, 0) is 42.5 Å². The molecule has 1 aliphatic heterocycles. The van der Waals surface area contributed by atoms with Crippen molar-refractivity contribution in [3.63, 3.8) is 0 Å². The summed E-state index contributed by atoms with van der Waals surface area (Å²) in [7, 11) is 0. The van der Waals surface area contributed by atoms with Crippen molar-refractivity contribution in [1.82, 2.24) is 19.9 Å². The summed E-state index contributed by atoms with van der Waals surface area (Å²) in [6.45, 7) is 1.07. The molecular formula is C23H20ClF3N4O3. The SMILES string of the molecule is O=C(CCc1nc(-c2ccc(Cl)cc2)no1)N1CCN(C(=O)c2cccc(C(F)(F)F)c2)CC1. The molecule has 0 N–H and O–H groups in total. The van der Waals surface area contributed by atoms with Gasteiger partial charge in [0.05, 0.1) is 5.56 Å². The molecule has 0 saturated carbocycles. The summed E-state index contributed by atoms with van der Waals surface area (Å²) in [6.07, 6.45) is -4.10. The Labute approximate surface area is 198 Å². The fourth-order valence-electron chi connectivity index (χ4n) is 3.61. The van der Waals surface area contributed by atoms with Crippen molar-refractivity contribution in [1.29, 1.82) is 0 Å². The first kappa shape index (κ1) is 23.7. The van der Waals surface area contributed by atoms with Gasteiger partial charge in [-0.2, -0.15) is 18.2 Å². The highest BCUT2D eigenvalue weighted by molar-refractivity contribution is 6.30. The zero-order valence-corrected chi connectivity index (χ0v) is 18.6. The molecule has 0 bridgehead atoms. The van der Waals surface area contributed by atoms with Crippen molar-refractivity contribution in [2.24, 2.45) is 0 Å². The van der Waals surface area contributed by atoms with Gasteiger partial charge in [0.2, 0.25) is 17.6 Å². The van der Waals surface area contributed by atoms with Gasteiger partial charge >= 0.3 is 6.18 Å². The summed E-state index contributed by atoms with van der Waals surface area (Å²) in [5.74, 6) is 0.119. The fourth-order valence-corrected chi connectivity index (χ4v) is 3.74. The van der Waals surface area contributed by atoms with Crippen LogP contribution in [0, 0.1) is 0 Å². The van der Waals surface area contributed by atoms with E-state index in [0.717, 1.165) is 17.7 Å². The molecule has 7 nitrogen and oxygen atoms in total. The summed E-state index contributed by atoms with van der Waals surface area (Å²) in [5, 5.41) is 4.51. The number of hydrogen-bond donors (Lipinski definition) is 0. The second-order valence-electron chi connectivity index (χ2n) is 7.77. The summed E-state index contributed by atoms with van der Waals surface area (Å²) < 4.78 is 44.0. The Kier molecular flexibility index (Phi) is 6.87. The third kappa shape index (κ3) is 5.56. The third-order valence-electron chi connectivity index (χ3n) is 5.48. The van der Waals surface area contributed by atoms with E-state index >= 15 is 0 Å². The normalized spacial score (nSPS) is 14.4. The maximum absolute atomic E-state index is 12.9. The van der Waals surface area contributed by atoms with Crippen LogP contribution in [0.2, 0.25) is 5.02 Å². The summed E-state index contributed by atoms with van der Waals surface area (Å²) in [4.78, 5) is 32.6. The number of nitrogens with zero attached hydrogens (tertiary/aromatic N) is 4. The fraction of sp³-hybridized carbons (Fsp3) is 0.304. The highest BCUT2D eigenvalue weighted by Gasteiger charge is 2.32. The molecule has 4 rings (SSSR count). The van der Waals surface area contributed by atoms with E-state index < -0.39 is 17.6 Å². The second-order valence-corrected chi connectivity index (χ2v) is 8.21. The van der Waals surface area contributed by atoms with E-state index in [1.165, 1.54) is 17.0 Å². The molecule has 0 spiro atoms. The molecule has 1 fully saturated rings. The molecule has 178 valence electrons. The number of aromatic nitrogens is 2. The molecule has 2 heterocycles. The number of hydrogen-bond acceptors (Lipinski definition) is 5. The van der Waals surface area contributed by atoms with Crippen LogP contribution < -0.4 is 0 Å². The van der Waals surface area contributed by atoms with Crippen LogP contribution in [0.15, 0.2) is 53.1 Å². The average Bonchev–Trinajstić information content (AvgIpc) is 3.31. The van der Waals surface area contributed by atoms with E-state index in [1.807, 2.05) is 0 Å². The quantitative estimate of drug-likeness (QED) is 0.530. The van der Waals surface area contributed by atoms with E-state index in [4.69, 9.17) is 16.1 Å². The van der Waals surface area contributed by atoms with Crippen molar-refractivity contribution in [3.05, 3.63) is 70.6 Å². The van der Waals surface area contributed by atoms with Crippen molar-refractivity contribution in [2.45, 2.75) is 19.0 Å². The number of amides is 2. The minimum atomic E-state index is -4.52. The van der Waals surface area contributed by atoms with E-state index in [-0.39, 0.29) is 37.4 Å². The number of aryl methyl sites for hydroxylation is 1. The summed E-state index contributed by atoms with van der Waals surface area (Å²) in [6, 6.07) is 11.3. The molecule has 0 unspecified atom stereocenters. The first-order chi connectivity index (χ1) is 16.2. The van der Waals surface area contributed by atoms with Crippen LogP contribution >= 0.6 is 11.6 Å². The lowest BCUT2D eigenvalue weighted by molar-refractivity contribution is -0.137. The van der Waals surface area contributed by atoms with Crippen LogP contribution in [0.25, 0.3) is 11.4 Å². The Morgan fingerprint density at radius 1 is 1.00 bits per heavy atom. The van der Waals surface area contributed by atoms with E-state index in [1.54, 1.807) is 29.2 Å². The molecule has 3 aromatic rings. The summed E-state index contributed by atoms with van der Waals surface area (Å²) in [5.41, 5.74) is -0.151. The van der Waals surface area contributed by atoms with Gasteiger partial charge < -0.3 is 14.3 Å². The summed E-state index contributed by atoms with van der Waals surface area (Å²) >= 11 is 5.87. The van der Waals surface area contributed by atoms with Gasteiger partial charge in [-0.25, -0.2) is 0 Å². The molecule has 0 aliphatic carbocycles. The minimum absolute atomic E-state index is 0.0255. The number of rotatable bonds is 5. The van der Waals surface area contributed by atoms with Gasteiger partial charge in [0.15, 0.2) is 0 Å². The predicted molar refractivity (Wildman–Crippen MR) is 117 cm³/mol. The van der Waals surface area contributed by atoms with Gasteiger partial charge in [-0.3, -0.25) is 9.59 Å². The highest BCUT2D eigenvalue weighted by atomic mass is 35.5. The van der Waals surface area contributed by atoms with Crippen LogP contribution in [0.1, 0.15) is 28.2 Å². The van der Waals surface area contributed by atoms with Crippen LogP contribution in [0.5, 0.6) is 0 Å². The number of halogens is 4. The molecule has 0 atom stereocenters. The molecule has 1 aliphatic rings. The Morgan fingerprint density at radius 3 is 2.35 bits per heavy atom. The van der Waals surface area contributed by atoms with Gasteiger partial charge in [0.1, 0.15) is 0 Å². The van der Waals surface area contributed by atoms with Crippen molar-refractivity contribution >= 4 is 23.4 Å². The van der Waals surface area contributed by atoms with E-state index in [9.17, 15) is 22.8 Å². The maximum atomic E-state index is 12.9. The Bertz CT molecular complexity index is 1170. The smallest absolute Gasteiger partial charge is 0.339 e. The number of carbonyl (C=O) groups excluding carboxylic acids is 2. The van der Waals surface area contributed by atoms with Crippen LogP contribution in [-0.2, 0) is 17.4 Å². The van der Waals surface area contributed by atoms with Crippen molar-refractivity contribution in [3.8, 4) is 11.4 Å². The molecule has 34 heavy (non-hydrogen) atoms. The first-order valence-corrected chi connectivity index (χ1v) is 10.9. The molecule has 11 heteroatoms. The van der Waals surface area contributed by atoms with Crippen LogP contribution in [0.3, 0.4) is 0 Å². The zero-order valence-electron chi connectivity index (χ0n) is 17.9. The first-order valence-electron chi connectivity index (χ1n) is 10.5. The molecule has 2 aromatic carbocycles. The van der Waals surface area contributed by atoms with Crippen LogP contribution in [0.4, 0.5) is 13.2 Å². The third-order valence-corrected chi connectivity index (χ3v) is 5.73. The highest BCUT2D eigenvalue weighted by Crippen LogP contribution is 2.30. The molecule has 2 amide bonds. The monoisotopic (exact) mass is 492 g/mol. The molecule has 1 saturated heterocycles. The number of alkyl halides is 3. The number of carbonyl (C=O) groups is 2. The largest absolute Gasteiger partial charge is 0.416 e.